The summed E-state index contributed by atoms with van der Waals surface area (Å²) in [6, 6.07) is 0. The molecule has 0 atom stereocenters. The lowest BCUT2D eigenvalue weighted by Crippen LogP contribution is -2.24. The van der Waals surface area contributed by atoms with E-state index < -0.39 is 0 Å². The van der Waals surface area contributed by atoms with Crippen molar-refractivity contribution in [2.75, 3.05) is 13.1 Å². The van der Waals surface area contributed by atoms with E-state index in [0.717, 1.165) is 30.9 Å². The van der Waals surface area contributed by atoms with E-state index in [0.29, 0.717) is 0 Å². The molecule has 0 amide bonds. The van der Waals surface area contributed by atoms with Crippen LogP contribution in [0.2, 0.25) is 0 Å². The quantitative estimate of drug-likeness (QED) is 0.397. The van der Waals surface area contributed by atoms with Crippen molar-refractivity contribution in [1.82, 2.24) is 4.90 Å². The van der Waals surface area contributed by atoms with E-state index in [2.05, 4.69) is 24.5 Å². The summed E-state index contributed by atoms with van der Waals surface area (Å²) in [4.78, 5) is 3.32. The van der Waals surface area contributed by atoms with Crippen LogP contribution in [0, 0.1) is 0 Å². The second-order valence-electron chi connectivity index (χ2n) is 3.85. The van der Waals surface area contributed by atoms with E-state index >= 15 is 0 Å². The second-order valence-corrected chi connectivity index (χ2v) is 4.27. The van der Waals surface area contributed by atoms with Gasteiger partial charge in [-0.05, 0) is 38.7 Å². The molecule has 2 heteroatoms. The Hall–Kier alpha value is -0.630. The van der Waals surface area contributed by atoms with Crippen molar-refractivity contribution >= 4 is 17.2 Å². The number of rotatable bonds is 4. The minimum Gasteiger partial charge on any atom is -0.363 e. The zero-order valence-corrected chi connectivity index (χ0v) is 9.78. The lowest BCUT2D eigenvalue weighted by molar-refractivity contribution is 0.531. The molecule has 78 valence electrons. The standard InChI is InChI=1S/C12H19NS/c1-3-4-7-11(2)10-12(14)13-8-5-6-9-13/h3,10H,1,4-9H2,2H3/b11-10+. The summed E-state index contributed by atoms with van der Waals surface area (Å²) in [5, 5.41) is 0. The van der Waals surface area contributed by atoms with Gasteiger partial charge in [-0.1, -0.05) is 23.9 Å². The van der Waals surface area contributed by atoms with Crippen LogP contribution in [0.5, 0.6) is 0 Å². The Kier molecular flexibility index (Phi) is 4.88. The molecular weight excluding hydrogens is 190 g/mol. The maximum absolute atomic E-state index is 5.36. The first-order chi connectivity index (χ1) is 6.74. The van der Waals surface area contributed by atoms with Crippen LogP contribution in [0.4, 0.5) is 0 Å². The van der Waals surface area contributed by atoms with Crippen molar-refractivity contribution < 1.29 is 0 Å². The third-order valence-electron chi connectivity index (χ3n) is 2.53. The fourth-order valence-corrected chi connectivity index (χ4v) is 2.03. The Morgan fingerprint density at radius 2 is 2.07 bits per heavy atom. The van der Waals surface area contributed by atoms with Gasteiger partial charge in [-0.2, -0.15) is 0 Å². The fourth-order valence-electron chi connectivity index (χ4n) is 1.64. The van der Waals surface area contributed by atoms with Gasteiger partial charge in [0.2, 0.25) is 0 Å². The van der Waals surface area contributed by atoms with Crippen molar-refractivity contribution in [2.45, 2.75) is 32.6 Å². The number of nitrogens with zero attached hydrogens (tertiary/aromatic N) is 1. The number of hydrogen-bond acceptors (Lipinski definition) is 1. The van der Waals surface area contributed by atoms with Gasteiger partial charge in [0, 0.05) is 13.1 Å². The summed E-state index contributed by atoms with van der Waals surface area (Å²) in [5.41, 5.74) is 1.36. The van der Waals surface area contributed by atoms with Crippen LogP contribution in [0.3, 0.4) is 0 Å². The maximum atomic E-state index is 5.36. The van der Waals surface area contributed by atoms with Crippen LogP contribution in [0.25, 0.3) is 0 Å². The number of hydrogen-bond donors (Lipinski definition) is 0. The van der Waals surface area contributed by atoms with Crippen LogP contribution < -0.4 is 0 Å². The Labute approximate surface area is 92.5 Å². The molecule has 0 aliphatic carbocycles. The SMILES string of the molecule is C=CCC/C(C)=C/C(=S)N1CCCC1. The van der Waals surface area contributed by atoms with Crippen molar-refractivity contribution in [1.29, 1.82) is 0 Å². The molecular formula is C12H19NS. The summed E-state index contributed by atoms with van der Waals surface area (Å²) in [7, 11) is 0. The summed E-state index contributed by atoms with van der Waals surface area (Å²) in [6.07, 6.45) is 8.81. The average molecular weight is 209 g/mol. The van der Waals surface area contributed by atoms with E-state index in [9.17, 15) is 0 Å². The van der Waals surface area contributed by atoms with Crippen molar-refractivity contribution in [3.63, 3.8) is 0 Å². The molecule has 0 aromatic carbocycles. The van der Waals surface area contributed by atoms with Crippen molar-refractivity contribution in [3.05, 3.63) is 24.3 Å². The number of thiocarbonyl (C=S) groups is 1. The average Bonchev–Trinajstić information content (AvgIpc) is 2.67. The molecule has 0 saturated carbocycles. The molecule has 1 rings (SSSR count). The minimum atomic E-state index is 1.02. The molecule has 1 aliphatic rings. The predicted octanol–water partition coefficient (Wildman–Crippen LogP) is 3.32. The molecule has 0 aromatic heterocycles. The van der Waals surface area contributed by atoms with Crippen molar-refractivity contribution in [2.24, 2.45) is 0 Å². The molecule has 14 heavy (non-hydrogen) atoms. The van der Waals surface area contributed by atoms with Gasteiger partial charge in [0.1, 0.15) is 4.99 Å². The van der Waals surface area contributed by atoms with Crippen molar-refractivity contribution in [3.8, 4) is 0 Å². The van der Waals surface area contributed by atoms with E-state index in [1.807, 2.05) is 6.08 Å². The van der Waals surface area contributed by atoms with Crippen LogP contribution in [-0.2, 0) is 0 Å². The molecule has 1 nitrogen and oxygen atoms in total. The lowest BCUT2D eigenvalue weighted by Gasteiger charge is -2.16. The molecule has 0 spiro atoms. The molecule has 0 aromatic rings. The van der Waals surface area contributed by atoms with E-state index in [1.54, 1.807) is 0 Å². The molecule has 1 aliphatic heterocycles. The Bertz CT molecular complexity index is 237. The zero-order chi connectivity index (χ0) is 10.4. The summed E-state index contributed by atoms with van der Waals surface area (Å²) < 4.78 is 0. The largest absolute Gasteiger partial charge is 0.363 e. The highest BCUT2D eigenvalue weighted by Crippen LogP contribution is 2.11. The first kappa shape index (κ1) is 11.4. The van der Waals surface area contributed by atoms with E-state index in [1.165, 1.54) is 18.4 Å². The van der Waals surface area contributed by atoms with Gasteiger partial charge >= 0.3 is 0 Å². The first-order valence-corrected chi connectivity index (χ1v) is 5.72. The third kappa shape index (κ3) is 3.62. The van der Waals surface area contributed by atoms with Gasteiger partial charge in [-0.15, -0.1) is 6.58 Å². The van der Waals surface area contributed by atoms with Crippen LogP contribution in [0.15, 0.2) is 24.3 Å². The highest BCUT2D eigenvalue weighted by Gasteiger charge is 2.12. The highest BCUT2D eigenvalue weighted by molar-refractivity contribution is 7.80. The van der Waals surface area contributed by atoms with Gasteiger partial charge in [0.05, 0.1) is 0 Å². The molecule has 0 N–H and O–H groups in total. The molecule has 0 unspecified atom stereocenters. The predicted molar refractivity (Wildman–Crippen MR) is 66.6 cm³/mol. The molecule has 0 radical (unpaired) electrons. The van der Waals surface area contributed by atoms with E-state index in [-0.39, 0.29) is 0 Å². The highest BCUT2D eigenvalue weighted by atomic mass is 32.1. The van der Waals surface area contributed by atoms with Gasteiger partial charge < -0.3 is 4.90 Å². The Balaban J connectivity index is 2.39. The summed E-state index contributed by atoms with van der Waals surface area (Å²) in [6.45, 7) is 8.15. The number of likely N-dealkylation sites (tertiary alicyclic amines) is 1. The van der Waals surface area contributed by atoms with Gasteiger partial charge in [0.25, 0.3) is 0 Å². The topological polar surface area (TPSA) is 3.24 Å². The van der Waals surface area contributed by atoms with Crippen LogP contribution in [-0.4, -0.2) is 23.0 Å². The maximum Gasteiger partial charge on any atom is 0.101 e. The molecule has 1 saturated heterocycles. The Morgan fingerprint density at radius 1 is 1.43 bits per heavy atom. The monoisotopic (exact) mass is 209 g/mol. The van der Waals surface area contributed by atoms with E-state index in [4.69, 9.17) is 12.2 Å². The van der Waals surface area contributed by atoms with Gasteiger partial charge in [0.15, 0.2) is 0 Å². The van der Waals surface area contributed by atoms with Gasteiger partial charge in [-0.3, -0.25) is 0 Å². The first-order valence-electron chi connectivity index (χ1n) is 5.31. The zero-order valence-electron chi connectivity index (χ0n) is 8.96. The van der Waals surface area contributed by atoms with Crippen LogP contribution >= 0.6 is 12.2 Å². The summed E-state index contributed by atoms with van der Waals surface area (Å²) in [5.74, 6) is 0. The molecule has 1 heterocycles. The fraction of sp³-hybridized carbons (Fsp3) is 0.583. The smallest absolute Gasteiger partial charge is 0.101 e. The lowest BCUT2D eigenvalue weighted by atomic mass is 10.1. The Morgan fingerprint density at radius 3 is 2.64 bits per heavy atom. The number of allylic oxidation sites excluding steroid dienone is 2. The minimum absolute atomic E-state index is 1.02. The normalized spacial score (nSPS) is 17.2. The molecule has 1 fully saturated rings. The second kappa shape index (κ2) is 5.97. The van der Waals surface area contributed by atoms with Gasteiger partial charge in [-0.25, -0.2) is 0 Å². The summed E-state index contributed by atoms with van der Waals surface area (Å²) >= 11 is 5.36. The van der Waals surface area contributed by atoms with Crippen LogP contribution in [0.1, 0.15) is 32.6 Å². The third-order valence-corrected chi connectivity index (χ3v) is 2.91. The molecule has 0 bridgehead atoms.